The maximum absolute atomic E-state index is 13.7. The van der Waals surface area contributed by atoms with E-state index in [-0.39, 0.29) is 17.1 Å². The number of para-hydroxylation sites is 1. The Labute approximate surface area is 127 Å². The van der Waals surface area contributed by atoms with E-state index in [9.17, 15) is 19.4 Å². The molecule has 6 nitrogen and oxygen atoms in total. The highest BCUT2D eigenvalue weighted by atomic mass is 19.1. The quantitative estimate of drug-likeness (QED) is 0.878. The van der Waals surface area contributed by atoms with Gasteiger partial charge in [0, 0.05) is 13.6 Å². The Morgan fingerprint density at radius 1 is 1.45 bits per heavy atom. The van der Waals surface area contributed by atoms with Crippen LogP contribution in [0.25, 0.3) is 5.69 Å². The molecular weight excluding hydrogens is 289 g/mol. The van der Waals surface area contributed by atoms with E-state index in [1.54, 1.807) is 20.0 Å². The van der Waals surface area contributed by atoms with E-state index >= 15 is 0 Å². The Kier molecular flexibility index (Phi) is 4.77. The van der Waals surface area contributed by atoms with Gasteiger partial charge in [-0.05, 0) is 25.5 Å². The molecule has 1 heterocycles. The summed E-state index contributed by atoms with van der Waals surface area (Å²) >= 11 is 0. The predicted molar refractivity (Wildman–Crippen MR) is 78.4 cm³/mol. The fourth-order valence-electron chi connectivity index (χ4n) is 1.94. The summed E-state index contributed by atoms with van der Waals surface area (Å²) in [5.74, 6) is -1.32. The zero-order valence-electron chi connectivity index (χ0n) is 12.4. The normalized spacial score (nSPS) is 12.2. The van der Waals surface area contributed by atoms with Crippen molar-refractivity contribution in [1.82, 2.24) is 14.7 Å². The first kappa shape index (κ1) is 16.0. The van der Waals surface area contributed by atoms with Crippen LogP contribution in [0.1, 0.15) is 23.8 Å². The molecule has 0 aliphatic carbocycles. The van der Waals surface area contributed by atoms with Gasteiger partial charge in [-0.1, -0.05) is 12.1 Å². The highest BCUT2D eigenvalue weighted by molar-refractivity contribution is 5.94. The van der Waals surface area contributed by atoms with Gasteiger partial charge in [-0.25, -0.2) is 9.07 Å². The standard InChI is InChI=1S/C15H18FN3O3/c1-10(20)7-8-18(2)15(22)14-13(21)9-19(17-14)12-6-4-3-5-11(12)16/h3-6,9-10,20-21H,7-8H2,1-2H3. The molecule has 0 fully saturated rings. The average molecular weight is 307 g/mol. The molecular formula is C15H18FN3O3. The minimum absolute atomic E-state index is 0.142. The lowest BCUT2D eigenvalue weighted by atomic mass is 10.2. The van der Waals surface area contributed by atoms with Crippen molar-refractivity contribution in [2.45, 2.75) is 19.4 Å². The van der Waals surface area contributed by atoms with E-state index in [0.717, 1.165) is 4.68 Å². The second-order valence-corrected chi connectivity index (χ2v) is 5.12. The van der Waals surface area contributed by atoms with Gasteiger partial charge in [0.2, 0.25) is 0 Å². The molecule has 1 aromatic carbocycles. The minimum Gasteiger partial charge on any atom is -0.504 e. The van der Waals surface area contributed by atoms with Crippen molar-refractivity contribution in [2.75, 3.05) is 13.6 Å². The second-order valence-electron chi connectivity index (χ2n) is 5.12. The first-order chi connectivity index (χ1) is 10.4. The van der Waals surface area contributed by atoms with E-state index in [0.29, 0.717) is 13.0 Å². The summed E-state index contributed by atoms with van der Waals surface area (Å²) in [6, 6.07) is 5.93. The minimum atomic E-state index is -0.528. The van der Waals surface area contributed by atoms with Gasteiger partial charge >= 0.3 is 0 Å². The average Bonchev–Trinajstić information content (AvgIpc) is 2.86. The second kappa shape index (κ2) is 6.57. The van der Waals surface area contributed by atoms with Crippen LogP contribution in [0, 0.1) is 5.82 Å². The summed E-state index contributed by atoms with van der Waals surface area (Å²) in [4.78, 5) is 13.6. The van der Waals surface area contributed by atoms with Crippen molar-refractivity contribution < 1.29 is 19.4 Å². The maximum Gasteiger partial charge on any atom is 0.277 e. The third kappa shape index (κ3) is 3.43. The number of aromatic hydroxyl groups is 1. The number of aromatic nitrogens is 2. The molecule has 1 aromatic heterocycles. The number of carbonyl (C=O) groups is 1. The van der Waals surface area contributed by atoms with Crippen LogP contribution in [-0.4, -0.2) is 50.5 Å². The summed E-state index contributed by atoms with van der Waals surface area (Å²) in [7, 11) is 1.55. The number of halogens is 1. The molecule has 2 rings (SSSR count). The maximum atomic E-state index is 13.7. The Bertz CT molecular complexity index is 670. The van der Waals surface area contributed by atoms with E-state index in [1.807, 2.05) is 0 Å². The molecule has 1 unspecified atom stereocenters. The highest BCUT2D eigenvalue weighted by Gasteiger charge is 2.21. The van der Waals surface area contributed by atoms with Crippen LogP contribution in [0.5, 0.6) is 5.75 Å². The summed E-state index contributed by atoms with van der Waals surface area (Å²) in [6.07, 6.45) is 1.07. The molecule has 0 saturated heterocycles. The van der Waals surface area contributed by atoms with E-state index in [4.69, 9.17) is 0 Å². The molecule has 1 amide bonds. The molecule has 0 radical (unpaired) electrons. The van der Waals surface area contributed by atoms with Crippen LogP contribution in [0.15, 0.2) is 30.5 Å². The molecule has 7 heteroatoms. The molecule has 1 atom stereocenters. The molecule has 0 aliphatic rings. The zero-order chi connectivity index (χ0) is 16.3. The molecule has 0 bridgehead atoms. The number of aliphatic hydroxyl groups excluding tert-OH is 1. The van der Waals surface area contributed by atoms with Crippen molar-refractivity contribution in [2.24, 2.45) is 0 Å². The molecule has 0 spiro atoms. The fraction of sp³-hybridized carbons (Fsp3) is 0.333. The molecule has 2 N–H and O–H groups in total. The molecule has 2 aromatic rings. The van der Waals surface area contributed by atoms with Crippen molar-refractivity contribution in [3.05, 3.63) is 42.0 Å². The number of benzene rings is 1. The molecule has 0 saturated carbocycles. The zero-order valence-corrected chi connectivity index (χ0v) is 12.4. The number of nitrogens with zero attached hydrogens (tertiary/aromatic N) is 3. The summed E-state index contributed by atoms with van der Waals surface area (Å²) in [5, 5.41) is 23.1. The van der Waals surface area contributed by atoms with E-state index in [2.05, 4.69) is 5.10 Å². The van der Waals surface area contributed by atoms with Gasteiger partial charge in [0.1, 0.15) is 11.5 Å². The first-order valence-corrected chi connectivity index (χ1v) is 6.87. The Morgan fingerprint density at radius 2 is 2.14 bits per heavy atom. The van der Waals surface area contributed by atoms with Gasteiger partial charge < -0.3 is 15.1 Å². The number of rotatable bonds is 5. The highest BCUT2D eigenvalue weighted by Crippen LogP contribution is 2.21. The number of aliphatic hydroxyl groups is 1. The van der Waals surface area contributed by atoms with Crippen molar-refractivity contribution in [1.29, 1.82) is 0 Å². The van der Waals surface area contributed by atoms with Crippen LogP contribution < -0.4 is 0 Å². The molecule has 118 valence electrons. The summed E-state index contributed by atoms with van der Waals surface area (Å²) < 4.78 is 14.8. The van der Waals surface area contributed by atoms with Gasteiger partial charge in [0.15, 0.2) is 11.4 Å². The third-order valence-electron chi connectivity index (χ3n) is 3.23. The Morgan fingerprint density at radius 3 is 2.77 bits per heavy atom. The van der Waals surface area contributed by atoms with Crippen LogP contribution >= 0.6 is 0 Å². The van der Waals surface area contributed by atoms with Crippen molar-refractivity contribution in [3.8, 4) is 11.4 Å². The fourth-order valence-corrected chi connectivity index (χ4v) is 1.94. The lowest BCUT2D eigenvalue weighted by Gasteiger charge is -2.16. The predicted octanol–water partition coefficient (Wildman–Crippen LogP) is 1.56. The topological polar surface area (TPSA) is 78.6 Å². The van der Waals surface area contributed by atoms with Gasteiger partial charge in [0.05, 0.1) is 12.3 Å². The Balaban J connectivity index is 2.23. The number of hydrogen-bond acceptors (Lipinski definition) is 4. The SMILES string of the molecule is CC(O)CCN(C)C(=O)c1nn(-c2ccccc2F)cc1O. The lowest BCUT2D eigenvalue weighted by Crippen LogP contribution is -2.30. The monoisotopic (exact) mass is 307 g/mol. The smallest absolute Gasteiger partial charge is 0.277 e. The summed E-state index contributed by atoms with van der Waals surface area (Å²) in [6.45, 7) is 1.95. The van der Waals surface area contributed by atoms with Crippen molar-refractivity contribution in [3.63, 3.8) is 0 Å². The Hall–Kier alpha value is -2.41. The van der Waals surface area contributed by atoms with Crippen LogP contribution in [-0.2, 0) is 0 Å². The van der Waals surface area contributed by atoms with Gasteiger partial charge in [0.25, 0.3) is 5.91 Å². The van der Waals surface area contributed by atoms with Gasteiger partial charge in [-0.3, -0.25) is 4.79 Å². The third-order valence-corrected chi connectivity index (χ3v) is 3.23. The molecule has 22 heavy (non-hydrogen) atoms. The van der Waals surface area contributed by atoms with Gasteiger partial charge in [-0.15, -0.1) is 0 Å². The van der Waals surface area contributed by atoms with Crippen LogP contribution in [0.4, 0.5) is 4.39 Å². The van der Waals surface area contributed by atoms with E-state index < -0.39 is 17.8 Å². The van der Waals surface area contributed by atoms with Crippen LogP contribution in [0.3, 0.4) is 0 Å². The largest absolute Gasteiger partial charge is 0.504 e. The van der Waals surface area contributed by atoms with Crippen molar-refractivity contribution >= 4 is 5.91 Å². The number of carbonyl (C=O) groups excluding carboxylic acids is 1. The lowest BCUT2D eigenvalue weighted by molar-refractivity contribution is 0.0760. The molecule has 0 aliphatic heterocycles. The van der Waals surface area contributed by atoms with E-state index in [1.165, 1.54) is 29.3 Å². The van der Waals surface area contributed by atoms with Gasteiger partial charge in [-0.2, -0.15) is 5.10 Å². The number of amides is 1. The first-order valence-electron chi connectivity index (χ1n) is 6.87. The number of hydrogen-bond donors (Lipinski definition) is 2. The van der Waals surface area contributed by atoms with Crippen LogP contribution in [0.2, 0.25) is 0 Å². The summed E-state index contributed by atoms with van der Waals surface area (Å²) in [5.41, 5.74) is -0.0140.